The highest BCUT2D eigenvalue weighted by Crippen LogP contribution is 2.43. The van der Waals surface area contributed by atoms with Gasteiger partial charge in [-0.2, -0.15) is 0 Å². The number of hydrogen-bond donors (Lipinski definition) is 0. The van der Waals surface area contributed by atoms with Gasteiger partial charge in [0.1, 0.15) is 12.2 Å². The maximum Gasteiger partial charge on any atom is 0.303 e. The van der Waals surface area contributed by atoms with Gasteiger partial charge in [0.05, 0.1) is 0 Å². The lowest BCUT2D eigenvalue weighted by molar-refractivity contribution is -0.147. The van der Waals surface area contributed by atoms with Gasteiger partial charge in [-0.05, 0) is 6.08 Å². The van der Waals surface area contributed by atoms with Gasteiger partial charge < -0.3 is 9.47 Å². The van der Waals surface area contributed by atoms with Crippen molar-refractivity contribution in [3.63, 3.8) is 0 Å². The molecule has 5 heteroatoms. The molecule has 1 saturated heterocycles. The molecule has 14 heavy (non-hydrogen) atoms. The summed E-state index contributed by atoms with van der Waals surface area (Å²) >= 11 is 0. The van der Waals surface area contributed by atoms with Gasteiger partial charge in [0.25, 0.3) is 6.43 Å². The SMILES string of the molecule is CC(=O)OC1CC2(C(F)F)C=CC1O2. The molecule has 3 nitrogen and oxygen atoms in total. The monoisotopic (exact) mass is 204 g/mol. The van der Waals surface area contributed by atoms with E-state index in [0.717, 1.165) is 0 Å². The van der Waals surface area contributed by atoms with Crippen molar-refractivity contribution < 1.29 is 23.0 Å². The van der Waals surface area contributed by atoms with Crippen LogP contribution in [-0.2, 0) is 14.3 Å². The van der Waals surface area contributed by atoms with Crippen molar-refractivity contribution in [2.75, 3.05) is 0 Å². The molecule has 2 bridgehead atoms. The second kappa shape index (κ2) is 3.02. The summed E-state index contributed by atoms with van der Waals surface area (Å²) in [7, 11) is 0. The molecular formula is C9H10F2O3. The Balaban J connectivity index is 2.10. The molecule has 0 aliphatic carbocycles. The highest BCUT2D eigenvalue weighted by Gasteiger charge is 2.55. The van der Waals surface area contributed by atoms with Crippen LogP contribution < -0.4 is 0 Å². The molecule has 2 aliphatic heterocycles. The van der Waals surface area contributed by atoms with E-state index in [2.05, 4.69) is 0 Å². The minimum absolute atomic E-state index is 0.0470. The Morgan fingerprint density at radius 1 is 1.71 bits per heavy atom. The molecule has 2 heterocycles. The predicted octanol–water partition coefficient (Wildman–Crippen LogP) is 1.28. The van der Waals surface area contributed by atoms with Crippen LogP contribution in [0.15, 0.2) is 12.2 Å². The minimum Gasteiger partial charge on any atom is -0.459 e. The van der Waals surface area contributed by atoms with Gasteiger partial charge in [-0.15, -0.1) is 0 Å². The molecule has 2 aliphatic rings. The van der Waals surface area contributed by atoms with E-state index in [1.54, 1.807) is 0 Å². The van der Waals surface area contributed by atoms with Crippen molar-refractivity contribution >= 4 is 5.97 Å². The maximum atomic E-state index is 12.6. The summed E-state index contributed by atoms with van der Waals surface area (Å²) in [5.74, 6) is -0.469. The molecule has 0 aromatic rings. The molecule has 3 unspecified atom stereocenters. The van der Waals surface area contributed by atoms with Crippen LogP contribution in [0.2, 0.25) is 0 Å². The summed E-state index contributed by atoms with van der Waals surface area (Å²) in [5, 5.41) is 0. The molecule has 3 atom stereocenters. The maximum absolute atomic E-state index is 12.6. The molecule has 2 rings (SSSR count). The molecule has 0 aromatic carbocycles. The number of carbonyl (C=O) groups is 1. The van der Waals surface area contributed by atoms with Gasteiger partial charge in [-0.25, -0.2) is 8.78 Å². The minimum atomic E-state index is -2.58. The lowest BCUT2D eigenvalue weighted by Crippen LogP contribution is -2.34. The third-order valence-electron chi connectivity index (χ3n) is 2.50. The molecule has 78 valence electrons. The molecular weight excluding hydrogens is 194 g/mol. The molecule has 0 aromatic heterocycles. The number of fused-ring (bicyclic) bond motifs is 2. The summed E-state index contributed by atoms with van der Waals surface area (Å²) < 4.78 is 35.2. The summed E-state index contributed by atoms with van der Waals surface area (Å²) in [6, 6.07) is 0. The normalized spacial score (nSPS) is 39.4. The molecule has 0 amide bonds. The average molecular weight is 204 g/mol. The van der Waals surface area contributed by atoms with Gasteiger partial charge in [0.2, 0.25) is 0 Å². The van der Waals surface area contributed by atoms with Crippen molar-refractivity contribution in [3.8, 4) is 0 Å². The summed E-state index contributed by atoms with van der Waals surface area (Å²) in [4.78, 5) is 10.7. The highest BCUT2D eigenvalue weighted by molar-refractivity contribution is 5.66. The molecule has 0 spiro atoms. The molecule has 0 saturated carbocycles. The van der Waals surface area contributed by atoms with E-state index >= 15 is 0 Å². The van der Waals surface area contributed by atoms with Crippen LogP contribution in [0.25, 0.3) is 0 Å². The Bertz CT molecular complexity index is 290. The number of hydrogen-bond acceptors (Lipinski definition) is 3. The smallest absolute Gasteiger partial charge is 0.303 e. The largest absolute Gasteiger partial charge is 0.459 e. The summed E-state index contributed by atoms with van der Waals surface area (Å²) in [6.45, 7) is 1.25. The zero-order valence-electron chi connectivity index (χ0n) is 7.57. The van der Waals surface area contributed by atoms with Crippen molar-refractivity contribution in [1.82, 2.24) is 0 Å². The summed E-state index contributed by atoms with van der Waals surface area (Å²) in [6.07, 6.45) is -0.708. The average Bonchev–Trinajstić information content (AvgIpc) is 2.60. The van der Waals surface area contributed by atoms with Gasteiger partial charge >= 0.3 is 5.97 Å². The number of ether oxygens (including phenoxy) is 2. The Morgan fingerprint density at radius 2 is 2.43 bits per heavy atom. The fourth-order valence-electron chi connectivity index (χ4n) is 1.87. The second-order valence-electron chi connectivity index (χ2n) is 3.55. The van der Waals surface area contributed by atoms with Crippen LogP contribution in [0.1, 0.15) is 13.3 Å². The van der Waals surface area contributed by atoms with Crippen LogP contribution in [0.5, 0.6) is 0 Å². The molecule has 0 N–H and O–H groups in total. The molecule has 0 radical (unpaired) electrons. The lowest BCUT2D eigenvalue weighted by Gasteiger charge is -2.21. The fraction of sp³-hybridized carbons (Fsp3) is 0.667. The quantitative estimate of drug-likeness (QED) is 0.502. The van der Waals surface area contributed by atoms with E-state index in [-0.39, 0.29) is 6.42 Å². The predicted molar refractivity (Wildman–Crippen MR) is 42.9 cm³/mol. The van der Waals surface area contributed by atoms with Crippen LogP contribution >= 0.6 is 0 Å². The first-order chi connectivity index (χ1) is 6.53. The number of esters is 1. The fourth-order valence-corrected chi connectivity index (χ4v) is 1.87. The van der Waals surface area contributed by atoms with Crippen molar-refractivity contribution in [1.29, 1.82) is 0 Å². The highest BCUT2D eigenvalue weighted by atomic mass is 19.3. The zero-order chi connectivity index (χ0) is 10.3. The van der Waals surface area contributed by atoms with Crippen molar-refractivity contribution in [2.24, 2.45) is 0 Å². The standard InChI is InChI=1S/C9H10F2O3/c1-5(12)13-7-4-9(8(10)11)3-2-6(7)14-9/h2-3,6-8H,4H2,1H3. The zero-order valence-corrected chi connectivity index (χ0v) is 7.57. The van der Waals surface area contributed by atoms with Crippen LogP contribution in [0, 0.1) is 0 Å². The first-order valence-electron chi connectivity index (χ1n) is 4.36. The Labute approximate surface area is 79.7 Å². The first kappa shape index (κ1) is 9.58. The van der Waals surface area contributed by atoms with Crippen LogP contribution in [-0.4, -0.2) is 30.2 Å². The van der Waals surface area contributed by atoms with Crippen LogP contribution in [0.4, 0.5) is 8.78 Å². The van der Waals surface area contributed by atoms with E-state index < -0.39 is 30.2 Å². The Morgan fingerprint density at radius 3 is 2.93 bits per heavy atom. The van der Waals surface area contributed by atoms with Crippen LogP contribution in [0.3, 0.4) is 0 Å². The number of carbonyl (C=O) groups excluding carboxylic acids is 1. The second-order valence-corrected chi connectivity index (χ2v) is 3.55. The number of halogens is 2. The summed E-state index contributed by atoms with van der Waals surface area (Å²) in [5.41, 5.74) is -1.52. The topological polar surface area (TPSA) is 35.5 Å². The molecule has 1 fully saturated rings. The first-order valence-corrected chi connectivity index (χ1v) is 4.36. The lowest BCUT2D eigenvalue weighted by atomic mass is 9.93. The van der Waals surface area contributed by atoms with E-state index in [0.29, 0.717) is 0 Å². The number of alkyl halides is 2. The van der Waals surface area contributed by atoms with Gasteiger partial charge in [-0.3, -0.25) is 4.79 Å². The van der Waals surface area contributed by atoms with E-state index in [1.807, 2.05) is 0 Å². The Kier molecular flexibility index (Phi) is 2.06. The van der Waals surface area contributed by atoms with E-state index in [9.17, 15) is 13.6 Å². The van der Waals surface area contributed by atoms with E-state index in [4.69, 9.17) is 9.47 Å². The third-order valence-corrected chi connectivity index (χ3v) is 2.50. The van der Waals surface area contributed by atoms with Crippen molar-refractivity contribution in [2.45, 2.75) is 37.6 Å². The Hall–Kier alpha value is -0.970. The van der Waals surface area contributed by atoms with Gasteiger partial charge in [0, 0.05) is 13.3 Å². The van der Waals surface area contributed by atoms with Gasteiger partial charge in [0.15, 0.2) is 5.60 Å². The third kappa shape index (κ3) is 1.32. The van der Waals surface area contributed by atoms with E-state index in [1.165, 1.54) is 19.1 Å². The van der Waals surface area contributed by atoms with Gasteiger partial charge in [-0.1, -0.05) is 6.08 Å². The number of rotatable bonds is 2. The van der Waals surface area contributed by atoms with Crippen molar-refractivity contribution in [3.05, 3.63) is 12.2 Å².